The summed E-state index contributed by atoms with van der Waals surface area (Å²) in [6.45, 7) is 4.99. The molecule has 1 aromatic carbocycles. The van der Waals surface area contributed by atoms with E-state index in [1.807, 2.05) is 13.8 Å². The van der Waals surface area contributed by atoms with Gasteiger partial charge in [-0.25, -0.2) is 13.2 Å². The number of nitrogens with zero attached hydrogens (tertiary/aromatic N) is 1. The van der Waals surface area contributed by atoms with Crippen molar-refractivity contribution in [1.82, 2.24) is 4.31 Å². The van der Waals surface area contributed by atoms with Crippen LogP contribution in [0.1, 0.15) is 24.2 Å². The minimum Gasteiger partial charge on any atom is -0.478 e. The van der Waals surface area contributed by atoms with Gasteiger partial charge in [-0.2, -0.15) is 16.1 Å². The van der Waals surface area contributed by atoms with Gasteiger partial charge in [-0.3, -0.25) is 0 Å². The number of aromatic carboxylic acids is 1. The fraction of sp³-hybridized carbons (Fsp3) is 0.462. The van der Waals surface area contributed by atoms with E-state index in [0.29, 0.717) is 13.1 Å². The average molecular weight is 315 g/mol. The highest BCUT2D eigenvalue weighted by molar-refractivity contribution is 8.00. The van der Waals surface area contributed by atoms with Crippen LogP contribution in [0.25, 0.3) is 0 Å². The molecule has 7 heteroatoms. The van der Waals surface area contributed by atoms with Gasteiger partial charge in [0.05, 0.1) is 10.5 Å². The Balaban J connectivity index is 2.27. The van der Waals surface area contributed by atoms with Crippen LogP contribution in [-0.2, 0) is 10.0 Å². The Morgan fingerprint density at radius 2 is 1.70 bits per heavy atom. The molecule has 1 saturated heterocycles. The summed E-state index contributed by atoms with van der Waals surface area (Å²) in [7, 11) is -3.54. The van der Waals surface area contributed by atoms with Crippen molar-refractivity contribution >= 4 is 27.8 Å². The van der Waals surface area contributed by atoms with E-state index in [4.69, 9.17) is 5.11 Å². The zero-order valence-electron chi connectivity index (χ0n) is 11.3. The van der Waals surface area contributed by atoms with Crippen LogP contribution in [0.4, 0.5) is 0 Å². The number of sulfonamides is 1. The highest BCUT2D eigenvalue weighted by atomic mass is 32.2. The number of benzene rings is 1. The van der Waals surface area contributed by atoms with Gasteiger partial charge in [-0.05, 0) is 24.3 Å². The molecule has 110 valence electrons. The summed E-state index contributed by atoms with van der Waals surface area (Å²) in [5.41, 5.74) is 0.0832. The highest BCUT2D eigenvalue weighted by Gasteiger charge is 2.31. The molecule has 1 aromatic rings. The zero-order chi connectivity index (χ0) is 14.9. The molecular formula is C13H17NO4S2. The van der Waals surface area contributed by atoms with Crippen LogP contribution in [0, 0.1) is 0 Å². The maximum Gasteiger partial charge on any atom is 0.335 e. The lowest BCUT2D eigenvalue weighted by molar-refractivity contribution is 0.0696. The molecule has 1 aliphatic heterocycles. The topological polar surface area (TPSA) is 74.7 Å². The molecule has 1 fully saturated rings. The number of rotatable bonds is 3. The first kappa shape index (κ1) is 15.3. The molecule has 2 atom stereocenters. The largest absolute Gasteiger partial charge is 0.478 e. The minimum atomic E-state index is -3.54. The highest BCUT2D eigenvalue weighted by Crippen LogP contribution is 2.28. The molecule has 1 heterocycles. The van der Waals surface area contributed by atoms with Gasteiger partial charge in [-0.1, -0.05) is 13.8 Å². The maximum atomic E-state index is 12.5. The number of hydrogen-bond donors (Lipinski definition) is 1. The Kier molecular flexibility index (Phi) is 4.41. The normalized spacial score (nSPS) is 24.5. The molecule has 2 unspecified atom stereocenters. The van der Waals surface area contributed by atoms with Crippen LogP contribution >= 0.6 is 11.8 Å². The Morgan fingerprint density at radius 3 is 2.15 bits per heavy atom. The van der Waals surface area contributed by atoms with Crippen LogP contribution < -0.4 is 0 Å². The van der Waals surface area contributed by atoms with Crippen LogP contribution in [0.3, 0.4) is 0 Å². The molecule has 0 bridgehead atoms. The Bertz CT molecular complexity index is 587. The summed E-state index contributed by atoms with van der Waals surface area (Å²) in [5.74, 6) is -1.06. The van der Waals surface area contributed by atoms with Gasteiger partial charge < -0.3 is 5.11 Å². The third-order valence-electron chi connectivity index (χ3n) is 3.13. The van der Waals surface area contributed by atoms with Crippen molar-refractivity contribution < 1.29 is 18.3 Å². The molecule has 1 N–H and O–H groups in total. The van der Waals surface area contributed by atoms with Crippen LogP contribution in [0.5, 0.6) is 0 Å². The second-order valence-electron chi connectivity index (χ2n) is 4.91. The van der Waals surface area contributed by atoms with Crippen molar-refractivity contribution in [2.45, 2.75) is 29.2 Å². The monoisotopic (exact) mass is 315 g/mol. The molecule has 0 amide bonds. The quantitative estimate of drug-likeness (QED) is 0.922. The first-order chi connectivity index (χ1) is 9.30. The molecule has 1 aliphatic rings. The molecule has 0 saturated carbocycles. The first-order valence-corrected chi connectivity index (χ1v) is 8.68. The Hall–Kier alpha value is -1.05. The maximum absolute atomic E-state index is 12.5. The number of thioether (sulfide) groups is 1. The van der Waals surface area contributed by atoms with Crippen molar-refractivity contribution in [3.8, 4) is 0 Å². The summed E-state index contributed by atoms with van der Waals surface area (Å²) in [5, 5.41) is 9.35. The molecule has 20 heavy (non-hydrogen) atoms. The van der Waals surface area contributed by atoms with Crippen LogP contribution in [0.2, 0.25) is 0 Å². The van der Waals surface area contributed by atoms with E-state index in [1.54, 1.807) is 11.8 Å². The van der Waals surface area contributed by atoms with Gasteiger partial charge in [-0.15, -0.1) is 0 Å². The Morgan fingerprint density at radius 1 is 1.20 bits per heavy atom. The summed E-state index contributed by atoms with van der Waals surface area (Å²) in [4.78, 5) is 10.9. The smallest absolute Gasteiger partial charge is 0.335 e. The predicted molar refractivity (Wildman–Crippen MR) is 78.7 cm³/mol. The fourth-order valence-corrected chi connectivity index (χ4v) is 5.38. The number of carboxylic acid groups (broad SMARTS) is 1. The molecule has 0 aliphatic carbocycles. The van der Waals surface area contributed by atoms with E-state index < -0.39 is 16.0 Å². The number of carbonyl (C=O) groups is 1. The third kappa shape index (κ3) is 3.16. The number of hydrogen-bond acceptors (Lipinski definition) is 4. The van der Waals surface area contributed by atoms with E-state index in [1.165, 1.54) is 28.6 Å². The van der Waals surface area contributed by atoms with E-state index in [0.717, 1.165) is 0 Å². The summed E-state index contributed by atoms with van der Waals surface area (Å²) >= 11 is 1.78. The standard InChI is InChI=1S/C13H17NO4S2/c1-9-7-14(8-10(2)19-9)20(17,18)12-5-3-11(4-6-12)13(15)16/h3-6,9-10H,7-8H2,1-2H3,(H,15,16). The molecule has 0 radical (unpaired) electrons. The first-order valence-electron chi connectivity index (χ1n) is 6.29. The van der Waals surface area contributed by atoms with E-state index >= 15 is 0 Å². The van der Waals surface area contributed by atoms with E-state index in [9.17, 15) is 13.2 Å². The van der Waals surface area contributed by atoms with Gasteiger partial charge in [0, 0.05) is 23.6 Å². The Labute approximate surface area is 123 Å². The van der Waals surface area contributed by atoms with Gasteiger partial charge in [0.15, 0.2) is 0 Å². The molecule has 5 nitrogen and oxygen atoms in total. The van der Waals surface area contributed by atoms with E-state index in [-0.39, 0.29) is 21.0 Å². The second kappa shape index (κ2) is 5.75. The average Bonchev–Trinajstić information content (AvgIpc) is 2.37. The lowest BCUT2D eigenvalue weighted by Crippen LogP contribution is -2.43. The van der Waals surface area contributed by atoms with Crippen LogP contribution in [-0.4, -0.2) is 47.4 Å². The van der Waals surface area contributed by atoms with Gasteiger partial charge in [0.2, 0.25) is 10.0 Å². The van der Waals surface area contributed by atoms with Crippen LogP contribution in [0.15, 0.2) is 29.2 Å². The fourth-order valence-electron chi connectivity index (χ4n) is 2.25. The minimum absolute atomic E-state index is 0.0832. The zero-order valence-corrected chi connectivity index (χ0v) is 12.9. The summed E-state index contributed by atoms with van der Waals surface area (Å²) < 4.78 is 26.5. The SMILES string of the molecule is CC1CN(S(=O)(=O)c2ccc(C(=O)O)cc2)CC(C)S1. The van der Waals surface area contributed by atoms with E-state index in [2.05, 4.69) is 0 Å². The second-order valence-corrected chi connectivity index (χ2v) is 8.73. The van der Waals surface area contributed by atoms with Gasteiger partial charge >= 0.3 is 5.97 Å². The van der Waals surface area contributed by atoms with Crippen molar-refractivity contribution in [1.29, 1.82) is 0 Å². The van der Waals surface area contributed by atoms with Crippen molar-refractivity contribution in [3.63, 3.8) is 0 Å². The van der Waals surface area contributed by atoms with Crippen molar-refractivity contribution in [2.24, 2.45) is 0 Å². The number of carboxylic acids is 1. The third-order valence-corrected chi connectivity index (χ3v) is 6.20. The molecule has 0 spiro atoms. The van der Waals surface area contributed by atoms with Gasteiger partial charge in [0.25, 0.3) is 0 Å². The van der Waals surface area contributed by atoms with Crippen molar-refractivity contribution in [2.75, 3.05) is 13.1 Å². The summed E-state index contributed by atoms with van der Waals surface area (Å²) in [6, 6.07) is 5.35. The lowest BCUT2D eigenvalue weighted by atomic mass is 10.2. The van der Waals surface area contributed by atoms with Gasteiger partial charge in [0.1, 0.15) is 0 Å². The predicted octanol–water partition coefficient (Wildman–Crippen LogP) is 1.90. The lowest BCUT2D eigenvalue weighted by Gasteiger charge is -2.33. The molecular weight excluding hydrogens is 298 g/mol. The molecule has 0 aromatic heterocycles. The summed E-state index contributed by atoms with van der Waals surface area (Å²) in [6.07, 6.45) is 0. The van der Waals surface area contributed by atoms with Crippen molar-refractivity contribution in [3.05, 3.63) is 29.8 Å². The molecule has 2 rings (SSSR count).